The summed E-state index contributed by atoms with van der Waals surface area (Å²) in [6, 6.07) is 18.0. The Kier molecular flexibility index (Phi) is 8.39. The number of hydrogen-bond donors (Lipinski definition) is 3. The van der Waals surface area contributed by atoms with E-state index in [0.29, 0.717) is 18.7 Å². The molecule has 0 aliphatic carbocycles. The lowest BCUT2D eigenvalue weighted by Gasteiger charge is -2.15. The third-order valence-corrected chi connectivity index (χ3v) is 4.74. The summed E-state index contributed by atoms with van der Waals surface area (Å²) in [5.41, 5.74) is 9.16. The van der Waals surface area contributed by atoms with Crippen LogP contribution in [0.1, 0.15) is 25.5 Å². The van der Waals surface area contributed by atoms with E-state index in [1.165, 1.54) is 12.1 Å². The minimum absolute atomic E-state index is 0.0201. The van der Waals surface area contributed by atoms with Gasteiger partial charge in [-0.05, 0) is 67.9 Å². The lowest BCUT2D eigenvalue weighted by atomic mass is 10.1. The maximum Gasteiger partial charge on any atom is 0.261 e. The number of anilines is 1. The zero-order valence-electron chi connectivity index (χ0n) is 19.6. The first-order valence-electron chi connectivity index (χ1n) is 10.8. The van der Waals surface area contributed by atoms with Crippen molar-refractivity contribution in [1.29, 1.82) is 0 Å². The summed E-state index contributed by atoms with van der Waals surface area (Å²) in [6.45, 7) is 4.34. The zero-order chi connectivity index (χ0) is 25.6. The average molecular weight is 502 g/mol. The molecule has 4 rings (SSSR count). The Labute approximate surface area is 203 Å². The third-order valence-electron chi connectivity index (χ3n) is 4.74. The van der Waals surface area contributed by atoms with Crippen LogP contribution in [0.15, 0.2) is 66.9 Å². The summed E-state index contributed by atoms with van der Waals surface area (Å²) < 4.78 is 46.8. The smallest absolute Gasteiger partial charge is 0.261 e. The molecule has 0 saturated carbocycles. The minimum Gasteiger partial charge on any atom is -0.492 e. The van der Waals surface area contributed by atoms with E-state index in [0.717, 1.165) is 28.2 Å². The van der Waals surface area contributed by atoms with Crippen LogP contribution < -0.4 is 15.8 Å². The van der Waals surface area contributed by atoms with E-state index in [4.69, 9.17) is 15.0 Å². The van der Waals surface area contributed by atoms with Gasteiger partial charge >= 0.3 is 0 Å². The molecule has 0 aliphatic rings. The normalized spacial score (nSPS) is 13.0. The van der Waals surface area contributed by atoms with Gasteiger partial charge in [-0.25, -0.2) is 13.9 Å². The Balaban J connectivity index is 0.000000623. The predicted molar refractivity (Wildman–Crippen MR) is 133 cm³/mol. The van der Waals surface area contributed by atoms with E-state index in [1.54, 1.807) is 16.8 Å². The number of halogens is 1. The van der Waals surface area contributed by atoms with Gasteiger partial charge in [0.1, 0.15) is 24.0 Å². The molecule has 0 spiro atoms. The number of hydrogen-bond acceptors (Lipinski definition) is 7. The fraction of sp³-hybridized carbons (Fsp3) is 0.250. The molecule has 4 aromatic rings. The van der Waals surface area contributed by atoms with Gasteiger partial charge in [0.05, 0.1) is 24.2 Å². The molecule has 186 valence electrons. The molecule has 2 aromatic heterocycles. The van der Waals surface area contributed by atoms with Crippen molar-refractivity contribution < 1.29 is 22.1 Å². The maximum absolute atomic E-state index is 13.5. The van der Waals surface area contributed by atoms with E-state index < -0.39 is 10.1 Å². The molecule has 0 radical (unpaired) electrons. The molecule has 0 amide bonds. The fourth-order valence-corrected chi connectivity index (χ4v) is 3.18. The van der Waals surface area contributed by atoms with E-state index >= 15 is 0 Å². The highest BCUT2D eigenvalue weighted by molar-refractivity contribution is 7.85. The second kappa shape index (κ2) is 11.3. The molecular weight excluding hydrogens is 473 g/mol. The van der Waals surface area contributed by atoms with Crippen LogP contribution in [0.2, 0.25) is 0 Å². The third kappa shape index (κ3) is 8.02. The summed E-state index contributed by atoms with van der Waals surface area (Å²) >= 11 is 0. The largest absolute Gasteiger partial charge is 0.492 e. The first-order chi connectivity index (χ1) is 16.5. The maximum atomic E-state index is 13.5. The van der Waals surface area contributed by atoms with Gasteiger partial charge < -0.3 is 15.8 Å². The lowest BCUT2D eigenvalue weighted by molar-refractivity contribution is 0.296. The van der Waals surface area contributed by atoms with Crippen molar-refractivity contribution in [2.75, 3.05) is 18.2 Å². The number of nitrogens with two attached hydrogens (primary N) is 1. The van der Waals surface area contributed by atoms with Crippen LogP contribution in [0.25, 0.3) is 16.9 Å². The van der Waals surface area contributed by atoms with E-state index in [2.05, 4.69) is 15.4 Å². The van der Waals surface area contributed by atoms with Crippen LogP contribution in [0.3, 0.4) is 0 Å². The molecule has 2 heterocycles. The van der Waals surface area contributed by atoms with Crippen LogP contribution in [-0.4, -0.2) is 46.5 Å². The van der Waals surface area contributed by atoms with Crippen molar-refractivity contribution in [3.05, 3.63) is 78.2 Å². The quantitative estimate of drug-likeness (QED) is 0.325. The summed E-state index contributed by atoms with van der Waals surface area (Å²) in [5.74, 6) is 1.19. The van der Waals surface area contributed by atoms with Gasteiger partial charge in [0, 0.05) is 11.6 Å². The van der Waals surface area contributed by atoms with Gasteiger partial charge in [-0.2, -0.15) is 8.42 Å². The summed E-state index contributed by atoms with van der Waals surface area (Å²) in [5, 5.41) is 8.01. The minimum atomic E-state index is -3.67. The Bertz CT molecular complexity index is 1370. The summed E-state index contributed by atoms with van der Waals surface area (Å²) in [6.07, 6.45) is 2.51. The number of fused-ring (bicyclic) bond motifs is 1. The van der Waals surface area contributed by atoms with Gasteiger partial charge in [-0.3, -0.25) is 4.55 Å². The number of ether oxygens (including phenoxy) is 1. The van der Waals surface area contributed by atoms with E-state index in [-0.39, 0.29) is 17.9 Å². The molecule has 0 unspecified atom stereocenters. The molecule has 0 aliphatic heterocycles. The summed E-state index contributed by atoms with van der Waals surface area (Å²) in [4.78, 5) is 4.44. The van der Waals surface area contributed by atoms with E-state index in [1.807, 2.05) is 56.3 Å². The number of aromatic nitrogens is 3. The molecule has 0 fully saturated rings. The van der Waals surface area contributed by atoms with Crippen molar-refractivity contribution in [2.45, 2.75) is 25.9 Å². The molecule has 35 heavy (non-hydrogen) atoms. The Morgan fingerprint density at radius 1 is 1.14 bits per heavy atom. The molecule has 0 saturated heterocycles. The van der Waals surface area contributed by atoms with Crippen molar-refractivity contribution in [3.8, 4) is 17.0 Å². The van der Waals surface area contributed by atoms with E-state index in [9.17, 15) is 12.8 Å². The number of rotatable bonds is 7. The van der Waals surface area contributed by atoms with Crippen LogP contribution in [-0.2, 0) is 10.1 Å². The van der Waals surface area contributed by atoms with Crippen molar-refractivity contribution in [1.82, 2.24) is 14.6 Å². The van der Waals surface area contributed by atoms with Crippen LogP contribution in [0.4, 0.5) is 10.2 Å². The second-order valence-electron chi connectivity index (χ2n) is 8.10. The van der Waals surface area contributed by atoms with Crippen molar-refractivity contribution in [3.63, 3.8) is 0 Å². The van der Waals surface area contributed by atoms with Gasteiger partial charge in [0.25, 0.3) is 10.1 Å². The molecule has 9 nitrogen and oxygen atoms in total. The van der Waals surface area contributed by atoms with Crippen LogP contribution >= 0.6 is 0 Å². The van der Waals surface area contributed by atoms with Crippen molar-refractivity contribution in [2.24, 2.45) is 5.73 Å². The SMILES string of the molecule is CS(=O)(=O)O.C[C@@H](N)COc1ccc(-c2cnc3ccc(N[C@H](C)c4cccc(F)c4)nn23)cc1. The number of benzene rings is 2. The van der Waals surface area contributed by atoms with Gasteiger partial charge in [-0.1, -0.05) is 12.1 Å². The molecular formula is C24H28FN5O4S. The van der Waals surface area contributed by atoms with Crippen LogP contribution in [0.5, 0.6) is 5.75 Å². The number of imidazole rings is 1. The first kappa shape index (κ1) is 26.1. The summed E-state index contributed by atoms with van der Waals surface area (Å²) in [7, 11) is -3.67. The average Bonchev–Trinajstić information content (AvgIpc) is 3.20. The molecule has 2 aromatic carbocycles. The second-order valence-corrected chi connectivity index (χ2v) is 9.56. The predicted octanol–water partition coefficient (Wildman–Crippen LogP) is 3.94. The molecule has 11 heteroatoms. The Morgan fingerprint density at radius 2 is 1.83 bits per heavy atom. The number of nitrogens with zero attached hydrogens (tertiary/aromatic N) is 3. The Morgan fingerprint density at radius 3 is 2.46 bits per heavy atom. The topological polar surface area (TPSA) is 132 Å². The van der Waals surface area contributed by atoms with Gasteiger partial charge in [-0.15, -0.1) is 5.10 Å². The highest BCUT2D eigenvalue weighted by atomic mass is 32.2. The van der Waals surface area contributed by atoms with Gasteiger partial charge in [0.15, 0.2) is 5.65 Å². The molecule has 2 atom stereocenters. The Hall–Kier alpha value is -3.54. The standard InChI is InChI=1S/C23H24FN5O.CH4O3S/c1-15(25)14-30-20-8-6-17(7-9-20)21-13-26-23-11-10-22(28-29(21)23)27-16(2)18-4-3-5-19(24)12-18;1-5(2,3)4/h3-13,15-16H,14,25H2,1-2H3,(H,27,28);1H3,(H,2,3,4)/t15-,16-;/m1./s1. The fourth-order valence-electron chi connectivity index (χ4n) is 3.18. The van der Waals surface area contributed by atoms with Crippen LogP contribution in [0, 0.1) is 5.82 Å². The zero-order valence-corrected chi connectivity index (χ0v) is 20.4. The number of nitrogens with one attached hydrogen (secondary N) is 1. The first-order valence-corrected chi connectivity index (χ1v) is 12.6. The highest BCUT2D eigenvalue weighted by Gasteiger charge is 2.11. The monoisotopic (exact) mass is 501 g/mol. The van der Waals surface area contributed by atoms with Gasteiger partial charge in [0.2, 0.25) is 0 Å². The highest BCUT2D eigenvalue weighted by Crippen LogP contribution is 2.25. The van der Waals surface area contributed by atoms with Crippen molar-refractivity contribution >= 4 is 21.6 Å². The molecule has 0 bridgehead atoms. The molecule has 4 N–H and O–H groups in total. The lowest BCUT2D eigenvalue weighted by Crippen LogP contribution is -2.23.